The molecule has 0 bridgehead atoms. The Balaban J connectivity index is 2.22. The molecule has 0 aliphatic heterocycles. The lowest BCUT2D eigenvalue weighted by Crippen LogP contribution is -2.26. The Morgan fingerprint density at radius 3 is 2.88 bits per heavy atom. The summed E-state index contributed by atoms with van der Waals surface area (Å²) in [6.45, 7) is -0.271. The van der Waals surface area contributed by atoms with Gasteiger partial charge in [0.15, 0.2) is 0 Å². The number of aliphatic carboxylic acids is 1. The van der Waals surface area contributed by atoms with Crippen LogP contribution in [0, 0.1) is 10.1 Å². The first-order valence-electron chi connectivity index (χ1n) is 6.99. The Bertz CT molecular complexity index is 991. The number of thiophene rings is 1. The number of non-ortho nitro benzene ring substituents is 1. The number of hydrogen-bond donors (Lipinski definition) is 1. The van der Waals surface area contributed by atoms with Gasteiger partial charge in [-0.3, -0.25) is 14.9 Å². The van der Waals surface area contributed by atoms with Gasteiger partial charge in [0.05, 0.1) is 10.3 Å². The fraction of sp³-hybridized carbons (Fsp3) is 0.133. The molecule has 0 spiro atoms. The molecule has 25 heavy (non-hydrogen) atoms. The first-order chi connectivity index (χ1) is 11.9. The van der Waals surface area contributed by atoms with Crippen LogP contribution in [0.25, 0.3) is 21.3 Å². The second-order valence-corrected chi connectivity index (χ2v) is 6.40. The van der Waals surface area contributed by atoms with Gasteiger partial charge in [0, 0.05) is 30.1 Å². The highest BCUT2D eigenvalue weighted by Crippen LogP contribution is 2.39. The second kappa shape index (κ2) is 6.61. The molecule has 0 unspecified atom stereocenters. The molecule has 2 aromatic heterocycles. The summed E-state index contributed by atoms with van der Waals surface area (Å²) in [4.78, 5) is 31.9. The van der Waals surface area contributed by atoms with Crippen LogP contribution >= 0.6 is 22.9 Å². The van der Waals surface area contributed by atoms with Crippen molar-refractivity contribution in [2.75, 3.05) is 18.5 Å². The van der Waals surface area contributed by atoms with Crippen molar-refractivity contribution >= 4 is 50.6 Å². The van der Waals surface area contributed by atoms with Gasteiger partial charge in [-0.05, 0) is 17.2 Å². The molecular formula is C15H11ClN4O4S. The summed E-state index contributed by atoms with van der Waals surface area (Å²) in [6, 6.07) is 6.19. The molecule has 0 radical (unpaired) electrons. The number of carboxylic acid groups (broad SMARTS) is 1. The normalized spacial score (nSPS) is 10.8. The quantitative estimate of drug-likeness (QED) is 0.411. The topological polar surface area (TPSA) is 109 Å². The van der Waals surface area contributed by atoms with Gasteiger partial charge in [-0.15, -0.1) is 11.3 Å². The van der Waals surface area contributed by atoms with E-state index in [-0.39, 0.29) is 17.5 Å². The first kappa shape index (κ1) is 17.1. The fourth-order valence-corrected chi connectivity index (χ4v) is 3.61. The van der Waals surface area contributed by atoms with Gasteiger partial charge < -0.3 is 10.0 Å². The maximum absolute atomic E-state index is 11.0. The fourth-order valence-electron chi connectivity index (χ4n) is 2.45. The average molecular weight is 379 g/mol. The molecule has 0 aliphatic carbocycles. The Morgan fingerprint density at radius 2 is 2.20 bits per heavy atom. The maximum atomic E-state index is 11.0. The minimum atomic E-state index is -1.02. The lowest BCUT2D eigenvalue weighted by molar-refractivity contribution is -0.384. The highest BCUT2D eigenvalue weighted by atomic mass is 35.5. The minimum Gasteiger partial charge on any atom is -0.480 e. The van der Waals surface area contributed by atoms with Gasteiger partial charge in [0.25, 0.3) is 5.69 Å². The molecule has 10 heteroatoms. The third-order valence-corrected chi connectivity index (χ3v) is 4.53. The number of carboxylic acids is 1. The molecule has 0 aliphatic rings. The lowest BCUT2D eigenvalue weighted by Gasteiger charge is -2.17. The van der Waals surface area contributed by atoms with E-state index in [9.17, 15) is 14.9 Å². The van der Waals surface area contributed by atoms with Crippen LogP contribution < -0.4 is 4.90 Å². The highest BCUT2D eigenvalue weighted by Gasteiger charge is 2.20. The maximum Gasteiger partial charge on any atom is 0.323 e. The number of nitrogens with zero attached hydrogens (tertiary/aromatic N) is 4. The number of fused-ring (bicyclic) bond motifs is 1. The summed E-state index contributed by atoms with van der Waals surface area (Å²) in [7, 11) is 1.58. The van der Waals surface area contributed by atoms with Crippen LogP contribution in [-0.4, -0.2) is 39.6 Å². The van der Waals surface area contributed by atoms with Crippen molar-refractivity contribution in [1.29, 1.82) is 0 Å². The van der Waals surface area contributed by atoms with Crippen molar-refractivity contribution in [1.82, 2.24) is 9.97 Å². The smallest absolute Gasteiger partial charge is 0.323 e. The molecule has 1 N–H and O–H groups in total. The van der Waals surface area contributed by atoms with E-state index in [1.54, 1.807) is 24.6 Å². The molecule has 0 fully saturated rings. The van der Waals surface area contributed by atoms with Crippen molar-refractivity contribution in [2.24, 2.45) is 0 Å². The van der Waals surface area contributed by atoms with Gasteiger partial charge in [0.2, 0.25) is 5.28 Å². The van der Waals surface area contributed by atoms with Crippen LogP contribution in [0.15, 0.2) is 29.6 Å². The van der Waals surface area contributed by atoms with E-state index >= 15 is 0 Å². The van der Waals surface area contributed by atoms with Gasteiger partial charge >= 0.3 is 5.97 Å². The minimum absolute atomic E-state index is 0.00665. The van der Waals surface area contributed by atoms with E-state index in [1.807, 2.05) is 0 Å². The predicted octanol–water partition coefficient (Wildman–Crippen LogP) is 3.44. The molecule has 1 aromatic carbocycles. The second-order valence-electron chi connectivity index (χ2n) is 5.20. The molecule has 128 valence electrons. The average Bonchev–Trinajstić information content (AvgIpc) is 2.97. The van der Waals surface area contributed by atoms with Crippen LogP contribution in [-0.2, 0) is 4.79 Å². The molecule has 3 rings (SSSR count). The van der Waals surface area contributed by atoms with Gasteiger partial charge in [-0.2, -0.15) is 4.98 Å². The third kappa shape index (κ3) is 3.37. The van der Waals surface area contributed by atoms with E-state index in [0.29, 0.717) is 27.2 Å². The molecule has 8 nitrogen and oxygen atoms in total. The number of benzene rings is 1. The Morgan fingerprint density at radius 1 is 1.44 bits per heavy atom. The Kier molecular flexibility index (Phi) is 4.51. The predicted molar refractivity (Wildman–Crippen MR) is 95.4 cm³/mol. The monoisotopic (exact) mass is 378 g/mol. The summed E-state index contributed by atoms with van der Waals surface area (Å²) in [6.07, 6.45) is 0. The highest BCUT2D eigenvalue weighted by molar-refractivity contribution is 7.17. The van der Waals surface area contributed by atoms with Crippen LogP contribution in [0.2, 0.25) is 5.28 Å². The van der Waals surface area contributed by atoms with Crippen LogP contribution in [0.5, 0.6) is 0 Å². The molecule has 0 saturated heterocycles. The zero-order valence-corrected chi connectivity index (χ0v) is 14.4. The molecule has 3 aromatic rings. The van der Waals surface area contributed by atoms with Crippen molar-refractivity contribution in [3.05, 3.63) is 45.0 Å². The lowest BCUT2D eigenvalue weighted by atomic mass is 10.1. The summed E-state index contributed by atoms with van der Waals surface area (Å²) < 4.78 is 0. The number of likely N-dealkylation sites (N-methyl/N-ethyl adjacent to an activating group) is 1. The molecule has 2 heterocycles. The summed E-state index contributed by atoms with van der Waals surface area (Å²) in [5.41, 5.74) is 1.27. The molecule has 0 atom stereocenters. The number of nitro groups is 1. The SMILES string of the molecule is CN(CC(=O)O)c1nc(Cl)nc2scc(-c3cccc([N+](=O)[O-])c3)c12. The standard InChI is InChI=1S/C15H11ClN4O4S/c1-19(6-11(21)22)13-12-10(7-25-14(12)18-15(16)17-13)8-3-2-4-9(5-8)20(23)24/h2-5,7H,6H2,1H3,(H,21,22). The summed E-state index contributed by atoms with van der Waals surface area (Å²) >= 11 is 7.26. The molecule has 0 amide bonds. The zero-order valence-electron chi connectivity index (χ0n) is 12.8. The van der Waals surface area contributed by atoms with Crippen molar-refractivity contribution in [2.45, 2.75) is 0 Å². The van der Waals surface area contributed by atoms with Crippen molar-refractivity contribution < 1.29 is 14.8 Å². The summed E-state index contributed by atoms with van der Waals surface area (Å²) in [5, 5.41) is 22.5. The summed E-state index contributed by atoms with van der Waals surface area (Å²) in [5.74, 6) is -0.655. The number of rotatable bonds is 5. The van der Waals surface area contributed by atoms with Crippen LogP contribution in [0.4, 0.5) is 11.5 Å². The van der Waals surface area contributed by atoms with E-state index < -0.39 is 10.9 Å². The van der Waals surface area contributed by atoms with Crippen molar-refractivity contribution in [3.63, 3.8) is 0 Å². The third-order valence-electron chi connectivity index (χ3n) is 3.49. The van der Waals surface area contributed by atoms with E-state index in [4.69, 9.17) is 16.7 Å². The number of halogens is 1. The van der Waals surface area contributed by atoms with Gasteiger partial charge in [0.1, 0.15) is 17.2 Å². The van der Waals surface area contributed by atoms with E-state index in [0.717, 1.165) is 0 Å². The van der Waals surface area contributed by atoms with E-state index in [1.165, 1.54) is 28.4 Å². The van der Waals surface area contributed by atoms with Crippen molar-refractivity contribution in [3.8, 4) is 11.1 Å². The number of aromatic nitrogens is 2. The van der Waals surface area contributed by atoms with Crippen LogP contribution in [0.3, 0.4) is 0 Å². The van der Waals surface area contributed by atoms with Gasteiger partial charge in [-0.25, -0.2) is 4.98 Å². The van der Waals surface area contributed by atoms with E-state index in [2.05, 4.69) is 9.97 Å². The first-order valence-corrected chi connectivity index (χ1v) is 8.25. The molecular weight excluding hydrogens is 368 g/mol. The number of nitro benzene ring substituents is 1. The molecule has 0 saturated carbocycles. The Hall–Kier alpha value is -2.78. The largest absolute Gasteiger partial charge is 0.480 e. The number of carbonyl (C=O) groups is 1. The Labute approximate surface area is 150 Å². The van der Waals surface area contributed by atoms with Gasteiger partial charge in [-0.1, -0.05) is 12.1 Å². The zero-order chi connectivity index (χ0) is 18.1. The number of hydrogen-bond acceptors (Lipinski definition) is 7. The van der Waals surface area contributed by atoms with Crippen LogP contribution in [0.1, 0.15) is 0 Å². The number of anilines is 1.